The lowest BCUT2D eigenvalue weighted by atomic mass is 10.0. The van der Waals surface area contributed by atoms with E-state index in [4.69, 9.17) is 15.0 Å². The van der Waals surface area contributed by atoms with Crippen LogP contribution in [0.2, 0.25) is 0 Å². The van der Waals surface area contributed by atoms with E-state index < -0.39 is 12.0 Å². The molecule has 3 heterocycles. The molecule has 8 nitrogen and oxygen atoms in total. The summed E-state index contributed by atoms with van der Waals surface area (Å²) in [5.41, 5.74) is 2.66. The minimum Gasteiger partial charge on any atom is -0.463 e. The maximum absolute atomic E-state index is 12.8. The lowest BCUT2D eigenvalue weighted by Crippen LogP contribution is -2.46. The van der Waals surface area contributed by atoms with E-state index in [1.54, 1.807) is 6.92 Å². The second-order valence-electron chi connectivity index (χ2n) is 6.89. The van der Waals surface area contributed by atoms with Crippen LogP contribution >= 0.6 is 23.1 Å². The number of thiophene rings is 1. The number of ether oxygens (including phenoxy) is 1. The minimum atomic E-state index is -0.573. The van der Waals surface area contributed by atoms with Crippen LogP contribution in [0.25, 0.3) is 11.0 Å². The topological polar surface area (TPSA) is 109 Å². The molecule has 1 aliphatic heterocycles. The molecule has 0 saturated carbocycles. The summed E-state index contributed by atoms with van der Waals surface area (Å²) in [6, 6.07) is 12.7. The lowest BCUT2D eigenvalue weighted by molar-refractivity contribution is -0.139. The van der Waals surface area contributed by atoms with Crippen LogP contribution in [0.15, 0.2) is 58.2 Å². The molecule has 2 aromatic heterocycles. The van der Waals surface area contributed by atoms with Gasteiger partial charge in [0.15, 0.2) is 5.16 Å². The molecule has 32 heavy (non-hydrogen) atoms. The Bertz CT molecular complexity index is 1210. The van der Waals surface area contributed by atoms with Crippen molar-refractivity contribution in [3.63, 3.8) is 0 Å². The predicted octanol–water partition coefficient (Wildman–Crippen LogP) is 3.97. The third-order valence-electron chi connectivity index (χ3n) is 4.89. The van der Waals surface area contributed by atoms with E-state index in [0.717, 1.165) is 21.1 Å². The number of esters is 1. The molecule has 0 unspecified atom stereocenters. The molecule has 1 aromatic carbocycles. The number of thioether (sulfide) groups is 1. The van der Waals surface area contributed by atoms with Gasteiger partial charge in [0, 0.05) is 22.9 Å². The number of fused-ring (bicyclic) bond motifs is 1. The number of imidazole rings is 1. The first-order valence-corrected chi connectivity index (χ1v) is 11.9. The van der Waals surface area contributed by atoms with Crippen LogP contribution in [-0.4, -0.2) is 33.9 Å². The van der Waals surface area contributed by atoms with Crippen LogP contribution in [0, 0.1) is 11.3 Å². The van der Waals surface area contributed by atoms with E-state index in [9.17, 15) is 9.59 Å². The Hall–Kier alpha value is -3.29. The van der Waals surface area contributed by atoms with Gasteiger partial charge >= 0.3 is 12.0 Å². The Morgan fingerprint density at radius 2 is 2.19 bits per heavy atom. The molecule has 3 aromatic rings. The summed E-state index contributed by atoms with van der Waals surface area (Å²) in [6.07, 6.45) is 0.353. The van der Waals surface area contributed by atoms with Crippen LogP contribution in [0.3, 0.4) is 0 Å². The molecule has 4 rings (SSSR count). The largest absolute Gasteiger partial charge is 0.463 e. The van der Waals surface area contributed by atoms with Gasteiger partial charge in [-0.1, -0.05) is 30.0 Å². The number of carbonyl (C=O) groups excluding carboxylic acids is 2. The fourth-order valence-electron chi connectivity index (χ4n) is 3.53. The number of nitrogens with zero attached hydrogens (tertiary/aromatic N) is 3. The molecule has 2 amide bonds. The van der Waals surface area contributed by atoms with Crippen molar-refractivity contribution in [2.24, 2.45) is 0 Å². The molecule has 0 saturated heterocycles. The fourth-order valence-corrected chi connectivity index (χ4v) is 5.32. The first kappa shape index (κ1) is 21.9. The monoisotopic (exact) mass is 467 g/mol. The summed E-state index contributed by atoms with van der Waals surface area (Å²) in [6.45, 7) is 2.49. The van der Waals surface area contributed by atoms with Gasteiger partial charge in [-0.2, -0.15) is 5.26 Å². The van der Waals surface area contributed by atoms with Crippen molar-refractivity contribution in [1.82, 2.24) is 20.2 Å². The molecule has 0 aliphatic carbocycles. The van der Waals surface area contributed by atoms with E-state index in [1.807, 2.05) is 46.3 Å². The summed E-state index contributed by atoms with van der Waals surface area (Å²) in [7, 11) is 0. The Morgan fingerprint density at radius 3 is 2.94 bits per heavy atom. The first-order valence-electron chi connectivity index (χ1n) is 10.1. The number of hydrogen-bond acceptors (Lipinski definition) is 7. The molecule has 10 heteroatoms. The summed E-state index contributed by atoms with van der Waals surface area (Å²) in [5, 5.41) is 17.3. The summed E-state index contributed by atoms with van der Waals surface area (Å²) < 4.78 is 7.30. The van der Waals surface area contributed by atoms with Crippen LogP contribution in [0.5, 0.6) is 0 Å². The molecule has 0 radical (unpaired) electrons. The van der Waals surface area contributed by atoms with E-state index in [1.165, 1.54) is 23.1 Å². The highest BCUT2D eigenvalue weighted by atomic mass is 32.2. The van der Waals surface area contributed by atoms with Gasteiger partial charge in [-0.15, -0.1) is 11.3 Å². The van der Waals surface area contributed by atoms with Crippen molar-refractivity contribution >= 4 is 46.1 Å². The average molecular weight is 468 g/mol. The molecule has 0 fully saturated rings. The highest BCUT2D eigenvalue weighted by Crippen LogP contribution is 2.33. The number of urea groups is 1. The van der Waals surface area contributed by atoms with E-state index in [2.05, 4.69) is 16.7 Å². The summed E-state index contributed by atoms with van der Waals surface area (Å²) in [4.78, 5) is 30.8. The van der Waals surface area contributed by atoms with Gasteiger partial charge in [-0.3, -0.25) is 0 Å². The van der Waals surface area contributed by atoms with Gasteiger partial charge in [0.1, 0.15) is 0 Å². The number of aryl methyl sites for hydroxylation is 1. The summed E-state index contributed by atoms with van der Waals surface area (Å²) in [5.74, 6) is -0.147. The maximum atomic E-state index is 12.8. The Balaban J connectivity index is 1.69. The van der Waals surface area contributed by atoms with Gasteiger partial charge in [0.2, 0.25) is 0 Å². The smallest absolute Gasteiger partial charge is 0.338 e. The van der Waals surface area contributed by atoms with Crippen molar-refractivity contribution in [2.45, 2.75) is 31.1 Å². The number of rotatable bonds is 8. The van der Waals surface area contributed by atoms with Crippen molar-refractivity contribution in [2.75, 3.05) is 12.4 Å². The lowest BCUT2D eigenvalue weighted by Gasteiger charge is -2.28. The van der Waals surface area contributed by atoms with Crippen molar-refractivity contribution in [3.8, 4) is 6.07 Å². The van der Waals surface area contributed by atoms with Crippen LogP contribution in [0.1, 0.15) is 24.3 Å². The predicted molar refractivity (Wildman–Crippen MR) is 123 cm³/mol. The number of carbonyl (C=O) groups is 2. The zero-order valence-corrected chi connectivity index (χ0v) is 19.0. The van der Waals surface area contributed by atoms with Crippen molar-refractivity contribution in [3.05, 3.63) is 57.9 Å². The molecule has 164 valence electrons. The van der Waals surface area contributed by atoms with Crippen molar-refractivity contribution in [1.29, 1.82) is 5.26 Å². The molecule has 1 atom stereocenters. The molecule has 0 spiro atoms. The first-order chi connectivity index (χ1) is 15.6. The molecular weight excluding hydrogens is 446 g/mol. The van der Waals surface area contributed by atoms with Crippen LogP contribution < -0.4 is 10.6 Å². The molecule has 1 aliphatic rings. The van der Waals surface area contributed by atoms with E-state index in [-0.39, 0.29) is 12.6 Å². The zero-order chi connectivity index (χ0) is 22.5. The highest BCUT2D eigenvalue weighted by molar-refractivity contribution is 7.99. The molecule has 0 bridgehead atoms. The van der Waals surface area contributed by atoms with Gasteiger partial charge in [0.25, 0.3) is 0 Å². The SMILES string of the molecule is CCOC(=O)C1=C(CSc2nc3ccccc3n2CCC#N)NC(=O)N[C@H]1c1cccs1. The Kier molecular flexibility index (Phi) is 6.78. The summed E-state index contributed by atoms with van der Waals surface area (Å²) >= 11 is 2.87. The van der Waals surface area contributed by atoms with Gasteiger partial charge in [-0.05, 0) is 30.5 Å². The second kappa shape index (κ2) is 9.89. The zero-order valence-electron chi connectivity index (χ0n) is 17.3. The number of benzene rings is 1. The third kappa shape index (κ3) is 4.49. The van der Waals surface area contributed by atoms with Gasteiger partial charge in [0.05, 0.1) is 41.7 Å². The van der Waals surface area contributed by atoms with Crippen LogP contribution in [0.4, 0.5) is 4.79 Å². The molecule has 2 N–H and O–H groups in total. The standard InChI is InChI=1S/C22H21N5O3S2/c1-2-30-20(28)18-15(24-21(29)26-19(18)17-9-5-12-31-17)13-32-22-25-14-7-3-4-8-16(14)27(22)11-6-10-23/h3-5,7-9,12,19H,2,6,11,13H2,1H3,(H2,24,26,29)/t19-/m0/s1. The normalized spacial score (nSPS) is 15.9. The van der Waals surface area contributed by atoms with Crippen molar-refractivity contribution < 1.29 is 14.3 Å². The van der Waals surface area contributed by atoms with Gasteiger partial charge < -0.3 is 19.9 Å². The second-order valence-corrected chi connectivity index (χ2v) is 8.81. The number of hydrogen-bond donors (Lipinski definition) is 2. The molecular formula is C22H21N5O3S2. The fraction of sp³-hybridized carbons (Fsp3) is 0.273. The Morgan fingerprint density at radius 1 is 1.34 bits per heavy atom. The highest BCUT2D eigenvalue weighted by Gasteiger charge is 2.34. The number of para-hydroxylation sites is 2. The average Bonchev–Trinajstić information content (AvgIpc) is 3.44. The Labute approximate surface area is 193 Å². The minimum absolute atomic E-state index is 0.234. The number of nitrogens with one attached hydrogen (secondary N) is 2. The quantitative estimate of drug-likeness (QED) is 0.383. The number of aromatic nitrogens is 2. The van der Waals surface area contributed by atoms with Crippen LogP contribution in [-0.2, 0) is 16.1 Å². The third-order valence-corrected chi connectivity index (χ3v) is 6.83. The number of amides is 2. The van der Waals surface area contributed by atoms with E-state index in [0.29, 0.717) is 30.0 Å². The number of nitriles is 1. The maximum Gasteiger partial charge on any atom is 0.338 e. The van der Waals surface area contributed by atoms with E-state index >= 15 is 0 Å². The van der Waals surface area contributed by atoms with Gasteiger partial charge in [-0.25, -0.2) is 14.6 Å².